The topological polar surface area (TPSA) is 58.2 Å². The predicted octanol–water partition coefficient (Wildman–Crippen LogP) is 3.89. The van der Waals surface area contributed by atoms with Crippen molar-refractivity contribution in [3.8, 4) is 11.1 Å². The molecule has 140 valence electrons. The number of fused-ring (bicyclic) bond motifs is 1. The summed E-state index contributed by atoms with van der Waals surface area (Å²) in [6, 6.07) is 25.6. The van der Waals surface area contributed by atoms with Crippen LogP contribution in [0.3, 0.4) is 0 Å². The number of carbonyl (C=O) groups excluding carboxylic acids is 2. The molecule has 1 atom stereocenters. The van der Waals surface area contributed by atoms with Crippen LogP contribution in [0.5, 0.6) is 0 Å². The van der Waals surface area contributed by atoms with Gasteiger partial charge in [0.15, 0.2) is 0 Å². The van der Waals surface area contributed by atoms with Crippen molar-refractivity contribution in [1.29, 1.82) is 0 Å². The molecule has 0 saturated heterocycles. The second-order valence-electron chi connectivity index (χ2n) is 6.98. The van der Waals surface area contributed by atoms with Crippen LogP contribution in [-0.4, -0.2) is 18.4 Å². The number of rotatable bonds is 5. The van der Waals surface area contributed by atoms with E-state index in [0.717, 1.165) is 24.0 Å². The summed E-state index contributed by atoms with van der Waals surface area (Å²) in [7, 11) is 0. The largest absolute Gasteiger partial charge is 0.348 e. The Morgan fingerprint density at radius 2 is 1.50 bits per heavy atom. The number of aryl methyl sites for hydroxylation is 1. The molecule has 2 N–H and O–H groups in total. The maximum atomic E-state index is 12.3. The second-order valence-corrected chi connectivity index (χ2v) is 6.98. The Balaban J connectivity index is 1.31. The van der Waals surface area contributed by atoms with Crippen LogP contribution in [0.15, 0.2) is 78.9 Å². The Morgan fingerprint density at radius 1 is 0.821 bits per heavy atom. The van der Waals surface area contributed by atoms with Crippen molar-refractivity contribution >= 4 is 11.8 Å². The molecule has 3 aromatic rings. The van der Waals surface area contributed by atoms with E-state index in [2.05, 4.69) is 22.8 Å². The highest BCUT2D eigenvalue weighted by atomic mass is 16.2. The summed E-state index contributed by atoms with van der Waals surface area (Å²) in [5.74, 6) is -0.419. The lowest BCUT2D eigenvalue weighted by molar-refractivity contribution is -0.120. The van der Waals surface area contributed by atoms with E-state index in [4.69, 9.17) is 0 Å². The van der Waals surface area contributed by atoms with Gasteiger partial charge in [0.2, 0.25) is 5.91 Å². The first-order valence-electron chi connectivity index (χ1n) is 9.51. The molecule has 3 aromatic carbocycles. The molecule has 0 saturated carbocycles. The Hall–Kier alpha value is -3.40. The van der Waals surface area contributed by atoms with E-state index in [9.17, 15) is 9.59 Å². The minimum absolute atomic E-state index is 0.0298. The predicted molar refractivity (Wildman–Crippen MR) is 110 cm³/mol. The van der Waals surface area contributed by atoms with Gasteiger partial charge in [-0.15, -0.1) is 0 Å². The van der Waals surface area contributed by atoms with Gasteiger partial charge in [0.1, 0.15) is 0 Å². The fourth-order valence-corrected chi connectivity index (χ4v) is 3.66. The molecule has 0 radical (unpaired) electrons. The van der Waals surface area contributed by atoms with Gasteiger partial charge >= 0.3 is 0 Å². The van der Waals surface area contributed by atoms with E-state index >= 15 is 0 Å². The van der Waals surface area contributed by atoms with E-state index in [0.29, 0.717) is 5.56 Å². The van der Waals surface area contributed by atoms with Gasteiger partial charge in [-0.05, 0) is 47.2 Å². The molecule has 4 heteroatoms. The molecule has 1 unspecified atom stereocenters. The number of hydrogen-bond acceptors (Lipinski definition) is 2. The van der Waals surface area contributed by atoms with Gasteiger partial charge < -0.3 is 10.6 Å². The number of hydrogen-bond donors (Lipinski definition) is 2. The fraction of sp³-hybridized carbons (Fsp3) is 0.167. The van der Waals surface area contributed by atoms with Crippen LogP contribution in [0.1, 0.15) is 33.9 Å². The van der Waals surface area contributed by atoms with E-state index in [1.165, 1.54) is 11.1 Å². The molecule has 2 amide bonds. The third-order valence-corrected chi connectivity index (χ3v) is 5.13. The highest BCUT2D eigenvalue weighted by Crippen LogP contribution is 2.30. The first-order chi connectivity index (χ1) is 13.7. The Kier molecular flexibility index (Phi) is 5.20. The highest BCUT2D eigenvalue weighted by molar-refractivity contribution is 5.96. The first kappa shape index (κ1) is 18.0. The quantitative estimate of drug-likeness (QED) is 0.716. The van der Waals surface area contributed by atoms with E-state index in [1.807, 2.05) is 54.6 Å². The molecule has 4 rings (SSSR count). The van der Waals surface area contributed by atoms with Crippen molar-refractivity contribution in [2.75, 3.05) is 6.54 Å². The standard InChI is InChI=1S/C24H22N2O2/c27-23(26-22-15-14-19-8-4-5-9-21(19)22)16-25-24(28)20-12-10-18(11-13-20)17-6-2-1-3-7-17/h1-13,22H,14-16H2,(H,25,28)(H,26,27). The minimum Gasteiger partial charge on any atom is -0.348 e. The average molecular weight is 370 g/mol. The molecule has 1 aliphatic carbocycles. The van der Waals surface area contributed by atoms with Gasteiger partial charge in [0, 0.05) is 5.56 Å². The summed E-state index contributed by atoms with van der Waals surface area (Å²) in [5, 5.41) is 5.72. The van der Waals surface area contributed by atoms with Crippen LogP contribution in [0, 0.1) is 0 Å². The summed E-state index contributed by atoms with van der Waals surface area (Å²) in [6.07, 6.45) is 1.88. The number of nitrogens with one attached hydrogen (secondary N) is 2. The van der Waals surface area contributed by atoms with Crippen molar-refractivity contribution in [3.63, 3.8) is 0 Å². The van der Waals surface area contributed by atoms with Gasteiger partial charge in [-0.25, -0.2) is 0 Å². The molecule has 28 heavy (non-hydrogen) atoms. The lowest BCUT2D eigenvalue weighted by atomic mass is 10.0. The average Bonchev–Trinajstić information content (AvgIpc) is 3.15. The maximum absolute atomic E-state index is 12.3. The fourth-order valence-electron chi connectivity index (χ4n) is 3.66. The van der Waals surface area contributed by atoms with Crippen LogP contribution in [0.2, 0.25) is 0 Å². The van der Waals surface area contributed by atoms with Crippen molar-refractivity contribution in [2.24, 2.45) is 0 Å². The second kappa shape index (κ2) is 8.09. The molecule has 4 nitrogen and oxygen atoms in total. The van der Waals surface area contributed by atoms with Crippen molar-refractivity contribution in [2.45, 2.75) is 18.9 Å². The lowest BCUT2D eigenvalue weighted by Crippen LogP contribution is -2.38. The Morgan fingerprint density at radius 3 is 2.29 bits per heavy atom. The van der Waals surface area contributed by atoms with E-state index in [-0.39, 0.29) is 24.4 Å². The first-order valence-corrected chi connectivity index (χ1v) is 9.51. The molecule has 0 aromatic heterocycles. The van der Waals surface area contributed by atoms with Gasteiger partial charge in [0.25, 0.3) is 5.91 Å². The van der Waals surface area contributed by atoms with Crippen LogP contribution in [-0.2, 0) is 11.2 Å². The zero-order valence-electron chi connectivity index (χ0n) is 15.5. The molecular weight excluding hydrogens is 348 g/mol. The van der Waals surface area contributed by atoms with Crippen LogP contribution in [0.4, 0.5) is 0 Å². The number of carbonyl (C=O) groups is 2. The summed E-state index contributed by atoms with van der Waals surface area (Å²) in [5.41, 5.74) is 5.16. The van der Waals surface area contributed by atoms with E-state index in [1.54, 1.807) is 12.1 Å². The summed E-state index contributed by atoms with van der Waals surface area (Å²) < 4.78 is 0. The van der Waals surface area contributed by atoms with Crippen LogP contribution in [0.25, 0.3) is 11.1 Å². The summed E-state index contributed by atoms with van der Waals surface area (Å²) in [4.78, 5) is 24.6. The van der Waals surface area contributed by atoms with Crippen molar-refractivity contribution in [1.82, 2.24) is 10.6 Å². The molecule has 0 bridgehead atoms. The zero-order chi connectivity index (χ0) is 19.3. The minimum atomic E-state index is -0.249. The third kappa shape index (κ3) is 3.96. The third-order valence-electron chi connectivity index (χ3n) is 5.13. The molecule has 0 spiro atoms. The van der Waals surface area contributed by atoms with Gasteiger partial charge in [-0.2, -0.15) is 0 Å². The van der Waals surface area contributed by atoms with Gasteiger partial charge in [-0.1, -0.05) is 66.7 Å². The molecule has 1 aliphatic rings. The number of benzene rings is 3. The molecular formula is C24H22N2O2. The smallest absolute Gasteiger partial charge is 0.251 e. The van der Waals surface area contributed by atoms with E-state index < -0.39 is 0 Å². The SMILES string of the molecule is O=C(CNC(=O)c1ccc(-c2ccccc2)cc1)NC1CCc2ccccc21. The number of amides is 2. The molecule has 0 aliphatic heterocycles. The lowest BCUT2D eigenvalue weighted by Gasteiger charge is -2.14. The van der Waals surface area contributed by atoms with Gasteiger partial charge in [0.05, 0.1) is 12.6 Å². The van der Waals surface area contributed by atoms with Crippen LogP contribution < -0.4 is 10.6 Å². The zero-order valence-corrected chi connectivity index (χ0v) is 15.5. The normalized spacial score (nSPS) is 14.9. The van der Waals surface area contributed by atoms with Gasteiger partial charge in [-0.3, -0.25) is 9.59 Å². The summed E-state index contributed by atoms with van der Waals surface area (Å²) in [6.45, 7) is -0.0298. The Bertz CT molecular complexity index is 981. The Labute approximate surface area is 164 Å². The van der Waals surface area contributed by atoms with Crippen molar-refractivity contribution < 1.29 is 9.59 Å². The molecule has 0 heterocycles. The van der Waals surface area contributed by atoms with Crippen molar-refractivity contribution in [3.05, 3.63) is 95.6 Å². The summed E-state index contributed by atoms with van der Waals surface area (Å²) >= 11 is 0. The highest BCUT2D eigenvalue weighted by Gasteiger charge is 2.23. The molecule has 0 fully saturated rings. The maximum Gasteiger partial charge on any atom is 0.251 e. The monoisotopic (exact) mass is 370 g/mol. The van der Waals surface area contributed by atoms with Crippen LogP contribution >= 0.6 is 0 Å².